The maximum absolute atomic E-state index is 11.7. The second-order valence-electron chi connectivity index (χ2n) is 3.94. The van der Waals surface area contributed by atoms with Crippen molar-refractivity contribution < 1.29 is 14.7 Å². The summed E-state index contributed by atoms with van der Waals surface area (Å²) in [7, 11) is 0. The van der Waals surface area contributed by atoms with E-state index in [-0.39, 0.29) is 18.1 Å². The van der Waals surface area contributed by atoms with Gasteiger partial charge in [0.15, 0.2) is 0 Å². The maximum atomic E-state index is 11.7. The monoisotopic (exact) mass is 336 g/mol. The first-order chi connectivity index (χ1) is 9.40. The van der Waals surface area contributed by atoms with Crippen LogP contribution in [0.1, 0.15) is 6.42 Å². The number of halogens is 2. The minimum atomic E-state index is -1.05. The normalized spacial score (nSPS) is 11.9. The molecule has 0 aliphatic carbocycles. The van der Waals surface area contributed by atoms with Crippen molar-refractivity contribution in [1.82, 2.24) is 0 Å². The molecular weight excluding hydrogens is 323 g/mol. The van der Waals surface area contributed by atoms with Gasteiger partial charge in [0, 0.05) is 22.9 Å². The first-order valence-electron chi connectivity index (χ1n) is 5.71. The van der Waals surface area contributed by atoms with Gasteiger partial charge in [0.05, 0.1) is 10.7 Å². The summed E-state index contributed by atoms with van der Waals surface area (Å²) in [6, 6.07) is 3.88. The molecule has 110 valence electrons. The molecule has 0 fully saturated rings. The SMILES string of the molecule is N[C@@H](CSCCC(=O)Nc1cc(Cl)ccc1Cl)C(=O)O. The zero-order valence-corrected chi connectivity index (χ0v) is 12.8. The average molecular weight is 337 g/mol. The van der Waals surface area contributed by atoms with E-state index >= 15 is 0 Å². The Labute approximate surface area is 130 Å². The Bertz CT molecular complexity index is 500. The zero-order valence-electron chi connectivity index (χ0n) is 10.4. The van der Waals surface area contributed by atoms with E-state index in [0.29, 0.717) is 21.5 Å². The molecule has 0 aliphatic heterocycles. The number of hydrogen-bond acceptors (Lipinski definition) is 4. The van der Waals surface area contributed by atoms with Crippen LogP contribution in [0.4, 0.5) is 5.69 Å². The van der Waals surface area contributed by atoms with Crippen LogP contribution in [-0.4, -0.2) is 34.5 Å². The number of thioether (sulfide) groups is 1. The second kappa shape index (κ2) is 8.36. The number of carbonyl (C=O) groups excluding carboxylic acids is 1. The summed E-state index contributed by atoms with van der Waals surface area (Å²) in [4.78, 5) is 22.2. The molecule has 1 rings (SSSR count). The Balaban J connectivity index is 2.34. The molecule has 1 atom stereocenters. The number of aliphatic carboxylic acids is 1. The molecule has 0 saturated heterocycles. The topological polar surface area (TPSA) is 92.4 Å². The van der Waals surface area contributed by atoms with E-state index < -0.39 is 12.0 Å². The summed E-state index contributed by atoms with van der Waals surface area (Å²) in [5.74, 6) is -0.524. The van der Waals surface area contributed by atoms with E-state index in [9.17, 15) is 9.59 Å². The quantitative estimate of drug-likeness (QED) is 0.665. The summed E-state index contributed by atoms with van der Waals surface area (Å²) in [6.07, 6.45) is 0.236. The van der Waals surface area contributed by atoms with Crippen molar-refractivity contribution in [2.24, 2.45) is 5.73 Å². The Morgan fingerprint density at radius 2 is 2.10 bits per heavy atom. The fourth-order valence-electron chi connectivity index (χ4n) is 1.25. The van der Waals surface area contributed by atoms with Crippen LogP contribution in [0.25, 0.3) is 0 Å². The average Bonchev–Trinajstić information content (AvgIpc) is 2.38. The number of amides is 1. The molecule has 1 aromatic carbocycles. The van der Waals surface area contributed by atoms with E-state index in [2.05, 4.69) is 5.32 Å². The van der Waals surface area contributed by atoms with Crippen LogP contribution in [-0.2, 0) is 9.59 Å². The third-order valence-electron chi connectivity index (χ3n) is 2.29. The first-order valence-corrected chi connectivity index (χ1v) is 7.62. The van der Waals surface area contributed by atoms with Gasteiger partial charge in [-0.1, -0.05) is 23.2 Å². The minimum Gasteiger partial charge on any atom is -0.480 e. The summed E-state index contributed by atoms with van der Waals surface area (Å²) < 4.78 is 0. The Hall–Kier alpha value is -0.950. The Morgan fingerprint density at radius 3 is 2.75 bits per heavy atom. The fraction of sp³-hybridized carbons (Fsp3) is 0.333. The molecule has 0 aliphatic rings. The number of hydrogen-bond donors (Lipinski definition) is 3. The van der Waals surface area contributed by atoms with Crippen LogP contribution in [0.3, 0.4) is 0 Å². The highest BCUT2D eigenvalue weighted by molar-refractivity contribution is 7.99. The molecule has 0 unspecified atom stereocenters. The van der Waals surface area contributed by atoms with Crippen LogP contribution in [0, 0.1) is 0 Å². The van der Waals surface area contributed by atoms with Gasteiger partial charge in [-0.05, 0) is 18.2 Å². The van der Waals surface area contributed by atoms with Crippen molar-refractivity contribution >= 4 is 52.5 Å². The number of nitrogens with two attached hydrogens (primary N) is 1. The molecule has 0 saturated carbocycles. The number of carboxylic acid groups (broad SMARTS) is 1. The van der Waals surface area contributed by atoms with Crippen molar-refractivity contribution in [2.75, 3.05) is 16.8 Å². The fourth-order valence-corrected chi connectivity index (χ4v) is 2.48. The van der Waals surface area contributed by atoms with Gasteiger partial charge in [0.2, 0.25) is 5.91 Å². The molecule has 4 N–H and O–H groups in total. The third kappa shape index (κ3) is 6.00. The third-order valence-corrected chi connectivity index (χ3v) is 3.94. The number of carbonyl (C=O) groups is 2. The minimum absolute atomic E-state index is 0.217. The van der Waals surface area contributed by atoms with Crippen molar-refractivity contribution in [3.8, 4) is 0 Å². The van der Waals surface area contributed by atoms with Crippen LogP contribution in [0.2, 0.25) is 10.0 Å². The lowest BCUT2D eigenvalue weighted by molar-refractivity contribution is -0.137. The maximum Gasteiger partial charge on any atom is 0.321 e. The largest absolute Gasteiger partial charge is 0.480 e. The van der Waals surface area contributed by atoms with Crippen molar-refractivity contribution in [3.63, 3.8) is 0 Å². The van der Waals surface area contributed by atoms with Gasteiger partial charge < -0.3 is 16.2 Å². The lowest BCUT2D eigenvalue weighted by Crippen LogP contribution is -2.32. The molecule has 0 aromatic heterocycles. The number of rotatable bonds is 7. The molecule has 0 heterocycles. The summed E-state index contributed by atoms with van der Waals surface area (Å²) in [5, 5.41) is 12.1. The lowest BCUT2D eigenvalue weighted by Gasteiger charge is -2.08. The van der Waals surface area contributed by atoms with E-state index in [4.69, 9.17) is 34.0 Å². The van der Waals surface area contributed by atoms with E-state index in [1.54, 1.807) is 18.2 Å². The number of benzene rings is 1. The highest BCUT2D eigenvalue weighted by Crippen LogP contribution is 2.25. The number of anilines is 1. The van der Waals surface area contributed by atoms with E-state index in [1.165, 1.54) is 11.8 Å². The first kappa shape index (κ1) is 17.1. The molecule has 8 heteroatoms. The van der Waals surface area contributed by atoms with Gasteiger partial charge in [0.25, 0.3) is 0 Å². The molecule has 0 bridgehead atoms. The van der Waals surface area contributed by atoms with Crippen molar-refractivity contribution in [3.05, 3.63) is 28.2 Å². The highest BCUT2D eigenvalue weighted by atomic mass is 35.5. The molecule has 1 amide bonds. The predicted octanol–water partition coefficient (Wildman–Crippen LogP) is 2.47. The van der Waals surface area contributed by atoms with E-state index in [0.717, 1.165) is 0 Å². The van der Waals surface area contributed by atoms with Gasteiger partial charge >= 0.3 is 5.97 Å². The zero-order chi connectivity index (χ0) is 15.1. The van der Waals surface area contributed by atoms with Crippen LogP contribution >= 0.6 is 35.0 Å². The standard InChI is InChI=1S/C12H14Cl2N2O3S/c13-7-1-2-8(14)10(5-7)16-11(17)3-4-20-6-9(15)12(18)19/h1-2,5,9H,3-4,6,15H2,(H,16,17)(H,18,19)/t9-/m0/s1. The molecule has 1 aromatic rings. The van der Waals surface area contributed by atoms with Gasteiger partial charge in [-0.15, -0.1) is 0 Å². The number of nitrogens with one attached hydrogen (secondary N) is 1. The van der Waals surface area contributed by atoms with Gasteiger partial charge in [-0.2, -0.15) is 11.8 Å². The lowest BCUT2D eigenvalue weighted by atomic mass is 10.3. The smallest absolute Gasteiger partial charge is 0.321 e. The van der Waals surface area contributed by atoms with E-state index in [1.807, 2.05) is 0 Å². The second-order valence-corrected chi connectivity index (χ2v) is 5.94. The van der Waals surface area contributed by atoms with Crippen molar-refractivity contribution in [2.45, 2.75) is 12.5 Å². The Kier molecular flexibility index (Phi) is 7.15. The van der Waals surface area contributed by atoms with Crippen LogP contribution < -0.4 is 11.1 Å². The molecule has 0 radical (unpaired) electrons. The van der Waals surface area contributed by atoms with Crippen molar-refractivity contribution in [1.29, 1.82) is 0 Å². The van der Waals surface area contributed by atoms with Gasteiger partial charge in [0.1, 0.15) is 6.04 Å². The summed E-state index contributed by atoms with van der Waals surface area (Å²) in [6.45, 7) is 0. The van der Waals surface area contributed by atoms with Crippen LogP contribution in [0.5, 0.6) is 0 Å². The van der Waals surface area contributed by atoms with Gasteiger partial charge in [-0.3, -0.25) is 9.59 Å². The number of carboxylic acids is 1. The highest BCUT2D eigenvalue weighted by Gasteiger charge is 2.11. The molecule has 0 spiro atoms. The molecular formula is C12H14Cl2N2O3S. The Morgan fingerprint density at radius 1 is 1.40 bits per heavy atom. The predicted molar refractivity (Wildman–Crippen MR) is 82.6 cm³/mol. The summed E-state index contributed by atoms with van der Waals surface area (Å²) >= 11 is 13.0. The molecule has 20 heavy (non-hydrogen) atoms. The van der Waals surface area contributed by atoms with Gasteiger partial charge in [-0.25, -0.2) is 0 Å². The molecule has 5 nitrogen and oxygen atoms in total. The van der Waals surface area contributed by atoms with Crippen LogP contribution in [0.15, 0.2) is 18.2 Å². The summed E-state index contributed by atoms with van der Waals surface area (Å²) in [5.41, 5.74) is 5.80.